The molecule has 0 saturated heterocycles. The van der Waals surface area contributed by atoms with E-state index in [1.165, 1.54) is 18.5 Å². The van der Waals surface area contributed by atoms with Gasteiger partial charge in [-0.2, -0.15) is 13.2 Å². The summed E-state index contributed by atoms with van der Waals surface area (Å²) >= 11 is 0. The molecule has 0 aliphatic carbocycles. The third-order valence-electron chi connectivity index (χ3n) is 2.24. The van der Waals surface area contributed by atoms with Crippen molar-refractivity contribution < 1.29 is 13.2 Å². The van der Waals surface area contributed by atoms with E-state index in [1.54, 1.807) is 0 Å². The molecule has 5 nitrogen and oxygen atoms in total. The molecule has 1 atom stereocenters. The molecule has 1 unspecified atom stereocenters. The average molecular weight is 231 g/mol. The second-order valence-corrected chi connectivity index (χ2v) is 3.51. The lowest BCUT2D eigenvalue weighted by atomic mass is 10.0. The summed E-state index contributed by atoms with van der Waals surface area (Å²) in [5.74, 6) is -0.304. The summed E-state index contributed by atoms with van der Waals surface area (Å²) in [6, 6.07) is 1.48. The SMILES string of the molecule is CC(N)(c1nnc2ncccn12)C(F)(F)F. The quantitative estimate of drug-likeness (QED) is 0.790. The fraction of sp³-hybridized carbons (Fsp3) is 0.375. The maximum Gasteiger partial charge on any atom is 0.413 e. The molecule has 0 radical (unpaired) electrons. The Balaban J connectivity index is 2.64. The number of nitrogens with two attached hydrogens (primary N) is 1. The van der Waals surface area contributed by atoms with Crippen LogP contribution < -0.4 is 5.73 Å². The van der Waals surface area contributed by atoms with Gasteiger partial charge in [0, 0.05) is 12.4 Å². The zero-order chi connectivity index (χ0) is 12.0. The van der Waals surface area contributed by atoms with Gasteiger partial charge in [0.15, 0.2) is 11.4 Å². The number of aromatic nitrogens is 4. The Morgan fingerprint density at radius 2 is 2.00 bits per heavy atom. The molecule has 0 amide bonds. The van der Waals surface area contributed by atoms with E-state index in [4.69, 9.17) is 5.73 Å². The molecule has 2 aromatic heterocycles. The highest BCUT2D eigenvalue weighted by atomic mass is 19.4. The van der Waals surface area contributed by atoms with Gasteiger partial charge in [-0.25, -0.2) is 4.98 Å². The van der Waals surface area contributed by atoms with Crippen LogP contribution in [0.25, 0.3) is 5.78 Å². The van der Waals surface area contributed by atoms with E-state index in [9.17, 15) is 13.2 Å². The Morgan fingerprint density at radius 3 is 2.62 bits per heavy atom. The van der Waals surface area contributed by atoms with Gasteiger partial charge in [0.25, 0.3) is 5.78 Å². The van der Waals surface area contributed by atoms with Crippen molar-refractivity contribution in [3.8, 4) is 0 Å². The van der Waals surface area contributed by atoms with Crippen LogP contribution >= 0.6 is 0 Å². The summed E-state index contributed by atoms with van der Waals surface area (Å²) in [4.78, 5) is 3.76. The van der Waals surface area contributed by atoms with E-state index in [1.807, 2.05) is 0 Å². The monoisotopic (exact) mass is 231 g/mol. The first-order valence-electron chi connectivity index (χ1n) is 4.36. The van der Waals surface area contributed by atoms with E-state index < -0.39 is 11.7 Å². The maximum atomic E-state index is 12.7. The van der Waals surface area contributed by atoms with Crippen LogP contribution in [-0.4, -0.2) is 25.8 Å². The van der Waals surface area contributed by atoms with Crippen LogP contribution in [0.1, 0.15) is 12.7 Å². The first-order chi connectivity index (χ1) is 7.34. The van der Waals surface area contributed by atoms with Crippen LogP contribution in [0.15, 0.2) is 18.5 Å². The van der Waals surface area contributed by atoms with Crippen molar-refractivity contribution in [2.24, 2.45) is 5.73 Å². The Labute approximate surface area is 88.1 Å². The molecule has 2 heterocycles. The van der Waals surface area contributed by atoms with Crippen LogP contribution in [0.5, 0.6) is 0 Å². The van der Waals surface area contributed by atoms with Gasteiger partial charge in [0.05, 0.1) is 0 Å². The number of alkyl halides is 3. The van der Waals surface area contributed by atoms with Gasteiger partial charge in [-0.1, -0.05) is 0 Å². The molecule has 0 saturated carbocycles. The standard InChI is InChI=1S/C8H8F3N5/c1-7(12,8(9,10)11)5-14-15-6-13-3-2-4-16(5)6/h2-4H,12H2,1H3. The van der Waals surface area contributed by atoms with Gasteiger partial charge in [-0.3, -0.25) is 4.40 Å². The van der Waals surface area contributed by atoms with Crippen molar-refractivity contribution in [2.75, 3.05) is 0 Å². The molecule has 2 aromatic rings. The number of hydrogen-bond donors (Lipinski definition) is 1. The lowest BCUT2D eigenvalue weighted by molar-refractivity contribution is -0.186. The molecule has 86 valence electrons. The van der Waals surface area contributed by atoms with Crippen LogP contribution in [0.2, 0.25) is 0 Å². The summed E-state index contributed by atoms with van der Waals surface area (Å²) < 4.78 is 39.2. The van der Waals surface area contributed by atoms with Crippen molar-refractivity contribution in [1.29, 1.82) is 0 Å². The lowest BCUT2D eigenvalue weighted by Gasteiger charge is -2.25. The summed E-state index contributed by atoms with van der Waals surface area (Å²) in [7, 11) is 0. The second kappa shape index (κ2) is 3.14. The molecular weight excluding hydrogens is 223 g/mol. The normalized spacial score (nSPS) is 16.3. The van der Waals surface area contributed by atoms with E-state index in [0.717, 1.165) is 11.3 Å². The molecule has 0 bridgehead atoms. The van der Waals surface area contributed by atoms with Crippen LogP contribution in [0.4, 0.5) is 13.2 Å². The number of halogens is 3. The van der Waals surface area contributed by atoms with Crippen molar-refractivity contribution in [3.63, 3.8) is 0 Å². The molecule has 0 aliphatic heterocycles. The molecule has 0 fully saturated rings. The van der Waals surface area contributed by atoms with Gasteiger partial charge in [-0.15, -0.1) is 10.2 Å². The van der Waals surface area contributed by atoms with E-state index in [0.29, 0.717) is 0 Å². The van der Waals surface area contributed by atoms with Crippen LogP contribution in [0, 0.1) is 0 Å². The van der Waals surface area contributed by atoms with Crippen LogP contribution in [0.3, 0.4) is 0 Å². The predicted molar refractivity (Wildman–Crippen MR) is 48.4 cm³/mol. The maximum absolute atomic E-state index is 12.7. The largest absolute Gasteiger partial charge is 0.413 e. The molecule has 0 spiro atoms. The summed E-state index contributed by atoms with van der Waals surface area (Å²) in [5, 5.41) is 6.96. The number of nitrogens with zero attached hydrogens (tertiary/aromatic N) is 4. The molecule has 2 rings (SSSR count). The first-order valence-corrected chi connectivity index (χ1v) is 4.36. The predicted octanol–water partition coefficient (Wildman–Crippen LogP) is 0.860. The Hall–Kier alpha value is -1.70. The average Bonchev–Trinajstić information content (AvgIpc) is 2.59. The second-order valence-electron chi connectivity index (χ2n) is 3.51. The first kappa shape index (κ1) is 10.8. The van der Waals surface area contributed by atoms with Gasteiger partial charge in [-0.05, 0) is 13.0 Å². The van der Waals surface area contributed by atoms with Gasteiger partial charge >= 0.3 is 6.18 Å². The number of fused-ring (bicyclic) bond motifs is 1. The minimum Gasteiger partial charge on any atom is -0.311 e. The van der Waals surface area contributed by atoms with Gasteiger partial charge < -0.3 is 5.73 Å². The van der Waals surface area contributed by atoms with Crippen molar-refractivity contribution in [3.05, 3.63) is 24.3 Å². The summed E-state index contributed by atoms with van der Waals surface area (Å²) in [6.45, 7) is 0.844. The highest BCUT2D eigenvalue weighted by Crippen LogP contribution is 2.35. The molecule has 8 heteroatoms. The minimum atomic E-state index is -4.61. The highest BCUT2D eigenvalue weighted by Gasteiger charge is 2.52. The van der Waals surface area contributed by atoms with E-state index in [-0.39, 0.29) is 11.6 Å². The number of rotatable bonds is 1. The molecule has 0 aliphatic rings. The Morgan fingerprint density at radius 1 is 1.31 bits per heavy atom. The zero-order valence-corrected chi connectivity index (χ0v) is 8.23. The summed E-state index contributed by atoms with van der Waals surface area (Å²) in [6.07, 6.45) is -1.81. The van der Waals surface area contributed by atoms with E-state index in [2.05, 4.69) is 15.2 Å². The van der Waals surface area contributed by atoms with Crippen molar-refractivity contribution >= 4 is 5.78 Å². The third-order valence-corrected chi connectivity index (χ3v) is 2.24. The molecule has 0 aromatic carbocycles. The Kier molecular flexibility index (Phi) is 2.12. The molecule has 16 heavy (non-hydrogen) atoms. The van der Waals surface area contributed by atoms with Crippen molar-refractivity contribution in [2.45, 2.75) is 18.6 Å². The Bertz CT molecular complexity index is 516. The highest BCUT2D eigenvalue weighted by molar-refractivity contribution is 5.29. The van der Waals surface area contributed by atoms with Gasteiger partial charge in [0.1, 0.15) is 0 Å². The summed E-state index contributed by atoms with van der Waals surface area (Å²) in [5.41, 5.74) is 2.69. The van der Waals surface area contributed by atoms with Crippen LogP contribution in [-0.2, 0) is 5.54 Å². The smallest absolute Gasteiger partial charge is 0.311 e. The van der Waals surface area contributed by atoms with Gasteiger partial charge in [0.2, 0.25) is 0 Å². The fourth-order valence-corrected chi connectivity index (χ4v) is 1.22. The lowest BCUT2D eigenvalue weighted by Crippen LogP contribution is -2.49. The minimum absolute atomic E-state index is 0.0819. The topological polar surface area (TPSA) is 69.1 Å². The van der Waals surface area contributed by atoms with E-state index >= 15 is 0 Å². The zero-order valence-electron chi connectivity index (χ0n) is 8.23. The molecule has 2 N–H and O–H groups in total. The van der Waals surface area contributed by atoms with Crippen molar-refractivity contribution in [1.82, 2.24) is 19.6 Å². The number of hydrogen-bond acceptors (Lipinski definition) is 4. The fourth-order valence-electron chi connectivity index (χ4n) is 1.22. The third kappa shape index (κ3) is 1.42. The molecular formula is C8H8F3N5.